The SMILES string of the molecule is CCc1cc(N)nn1-c1c(F)cccc1Cl. The van der Waals surface area contributed by atoms with Crippen molar-refractivity contribution in [2.45, 2.75) is 13.3 Å². The van der Waals surface area contributed by atoms with Gasteiger partial charge in [-0.1, -0.05) is 24.6 Å². The van der Waals surface area contributed by atoms with Gasteiger partial charge in [0.15, 0.2) is 0 Å². The Kier molecular flexibility index (Phi) is 2.83. The van der Waals surface area contributed by atoms with Crippen LogP contribution < -0.4 is 5.73 Å². The van der Waals surface area contributed by atoms with Crippen molar-refractivity contribution in [1.82, 2.24) is 9.78 Å². The first kappa shape index (κ1) is 11.0. The minimum Gasteiger partial charge on any atom is -0.382 e. The van der Waals surface area contributed by atoms with Crippen molar-refractivity contribution in [1.29, 1.82) is 0 Å². The van der Waals surface area contributed by atoms with Crippen molar-refractivity contribution < 1.29 is 4.39 Å². The second-order valence-corrected chi connectivity index (χ2v) is 3.80. The highest BCUT2D eigenvalue weighted by atomic mass is 35.5. The number of nitrogens with zero attached hydrogens (tertiary/aromatic N) is 2. The van der Waals surface area contributed by atoms with E-state index in [0.717, 1.165) is 5.69 Å². The van der Waals surface area contributed by atoms with Gasteiger partial charge in [-0.25, -0.2) is 9.07 Å². The van der Waals surface area contributed by atoms with Gasteiger partial charge in [0, 0.05) is 11.8 Å². The van der Waals surface area contributed by atoms with E-state index in [1.54, 1.807) is 18.2 Å². The Morgan fingerprint density at radius 3 is 2.88 bits per heavy atom. The van der Waals surface area contributed by atoms with Gasteiger partial charge in [-0.3, -0.25) is 0 Å². The molecule has 0 aliphatic carbocycles. The maximum atomic E-state index is 13.7. The Morgan fingerprint density at radius 1 is 1.50 bits per heavy atom. The predicted molar refractivity (Wildman–Crippen MR) is 62.3 cm³/mol. The average Bonchev–Trinajstić information content (AvgIpc) is 2.59. The summed E-state index contributed by atoms with van der Waals surface area (Å²) in [6, 6.07) is 6.23. The molecule has 0 bridgehead atoms. The Morgan fingerprint density at radius 2 is 2.25 bits per heavy atom. The lowest BCUT2D eigenvalue weighted by Crippen LogP contribution is -2.05. The minimum absolute atomic E-state index is 0.248. The van der Waals surface area contributed by atoms with Crippen LogP contribution >= 0.6 is 11.6 Å². The topological polar surface area (TPSA) is 43.8 Å². The van der Waals surface area contributed by atoms with Crippen molar-refractivity contribution in [2.24, 2.45) is 0 Å². The first-order chi connectivity index (χ1) is 7.63. The van der Waals surface area contributed by atoms with Crippen LogP contribution in [0.4, 0.5) is 10.2 Å². The van der Waals surface area contributed by atoms with E-state index in [1.807, 2.05) is 6.92 Å². The van der Waals surface area contributed by atoms with Crippen LogP contribution in [0.5, 0.6) is 0 Å². The Bertz CT molecular complexity index is 502. The molecule has 0 spiro atoms. The molecular weight excluding hydrogens is 229 g/mol. The highest BCUT2D eigenvalue weighted by Crippen LogP contribution is 2.25. The van der Waals surface area contributed by atoms with E-state index >= 15 is 0 Å². The summed E-state index contributed by atoms with van der Waals surface area (Å²) in [6.45, 7) is 1.95. The number of hydrogen-bond acceptors (Lipinski definition) is 2. The summed E-state index contributed by atoms with van der Waals surface area (Å²) in [6.07, 6.45) is 0.703. The van der Waals surface area contributed by atoms with Crippen LogP contribution in [0.2, 0.25) is 5.02 Å². The molecule has 0 unspecified atom stereocenters. The molecule has 16 heavy (non-hydrogen) atoms. The fraction of sp³-hybridized carbons (Fsp3) is 0.182. The van der Waals surface area contributed by atoms with Crippen LogP contribution in [0.1, 0.15) is 12.6 Å². The van der Waals surface area contributed by atoms with E-state index in [0.29, 0.717) is 17.3 Å². The average molecular weight is 240 g/mol. The Balaban J connectivity index is 2.66. The Labute approximate surface area is 97.6 Å². The summed E-state index contributed by atoms with van der Waals surface area (Å²) in [4.78, 5) is 0. The van der Waals surface area contributed by atoms with E-state index in [9.17, 15) is 4.39 Å². The van der Waals surface area contributed by atoms with Crippen molar-refractivity contribution >= 4 is 17.4 Å². The lowest BCUT2D eigenvalue weighted by atomic mass is 10.2. The number of nitrogens with two attached hydrogens (primary N) is 1. The molecule has 0 saturated carbocycles. The quantitative estimate of drug-likeness (QED) is 0.876. The lowest BCUT2D eigenvalue weighted by molar-refractivity contribution is 0.607. The second-order valence-electron chi connectivity index (χ2n) is 3.40. The molecule has 2 aromatic rings. The standard InChI is InChI=1S/C11H11ClFN3/c1-2-7-6-10(14)15-16(7)11-8(12)4-3-5-9(11)13/h3-6H,2H2,1H3,(H2,14,15). The summed E-state index contributed by atoms with van der Waals surface area (Å²) in [5.74, 6) is -0.0542. The normalized spacial score (nSPS) is 10.7. The number of benzene rings is 1. The summed E-state index contributed by atoms with van der Waals surface area (Å²) in [7, 11) is 0. The third kappa shape index (κ3) is 1.76. The first-order valence-corrected chi connectivity index (χ1v) is 5.30. The first-order valence-electron chi connectivity index (χ1n) is 4.92. The van der Waals surface area contributed by atoms with Crippen LogP contribution in [0.15, 0.2) is 24.3 Å². The number of anilines is 1. The molecule has 0 aliphatic rings. The largest absolute Gasteiger partial charge is 0.382 e. The van der Waals surface area contributed by atoms with Crippen LogP contribution in [0, 0.1) is 5.82 Å². The maximum absolute atomic E-state index is 13.7. The van der Waals surface area contributed by atoms with Gasteiger partial charge < -0.3 is 5.73 Å². The monoisotopic (exact) mass is 239 g/mol. The highest BCUT2D eigenvalue weighted by molar-refractivity contribution is 6.32. The molecule has 1 aromatic heterocycles. The van der Waals surface area contributed by atoms with Crippen molar-refractivity contribution in [3.05, 3.63) is 40.8 Å². The Hall–Kier alpha value is -1.55. The molecule has 2 rings (SSSR count). The van der Waals surface area contributed by atoms with E-state index in [4.69, 9.17) is 17.3 Å². The van der Waals surface area contributed by atoms with Gasteiger partial charge in [-0.2, -0.15) is 5.10 Å². The number of halogens is 2. The number of aryl methyl sites for hydroxylation is 1. The predicted octanol–water partition coefficient (Wildman–Crippen LogP) is 2.81. The van der Waals surface area contributed by atoms with E-state index < -0.39 is 5.82 Å². The van der Waals surface area contributed by atoms with E-state index in [1.165, 1.54) is 10.7 Å². The van der Waals surface area contributed by atoms with Gasteiger partial charge in [0.05, 0.1) is 5.02 Å². The number of aromatic nitrogens is 2. The zero-order valence-corrected chi connectivity index (χ0v) is 9.50. The number of hydrogen-bond donors (Lipinski definition) is 1. The summed E-state index contributed by atoms with van der Waals surface area (Å²) in [5.41, 5.74) is 6.67. The maximum Gasteiger partial charge on any atom is 0.150 e. The number of para-hydroxylation sites is 1. The van der Waals surface area contributed by atoms with Crippen LogP contribution in [0.3, 0.4) is 0 Å². The molecule has 0 saturated heterocycles. The second kappa shape index (κ2) is 4.14. The summed E-state index contributed by atoms with van der Waals surface area (Å²) >= 11 is 5.96. The van der Waals surface area contributed by atoms with E-state index in [-0.39, 0.29) is 5.69 Å². The van der Waals surface area contributed by atoms with Crippen molar-refractivity contribution in [3.8, 4) is 5.69 Å². The van der Waals surface area contributed by atoms with Gasteiger partial charge >= 0.3 is 0 Å². The molecule has 1 aromatic carbocycles. The fourth-order valence-corrected chi connectivity index (χ4v) is 1.82. The zero-order chi connectivity index (χ0) is 11.7. The minimum atomic E-state index is -0.412. The van der Waals surface area contributed by atoms with E-state index in [2.05, 4.69) is 5.10 Å². The third-order valence-electron chi connectivity index (χ3n) is 2.31. The van der Waals surface area contributed by atoms with Crippen molar-refractivity contribution in [3.63, 3.8) is 0 Å². The van der Waals surface area contributed by atoms with Gasteiger partial charge in [-0.15, -0.1) is 0 Å². The van der Waals surface area contributed by atoms with Crippen LogP contribution in [-0.4, -0.2) is 9.78 Å². The highest BCUT2D eigenvalue weighted by Gasteiger charge is 2.13. The molecule has 0 fully saturated rings. The smallest absolute Gasteiger partial charge is 0.150 e. The van der Waals surface area contributed by atoms with Crippen LogP contribution in [-0.2, 0) is 6.42 Å². The molecule has 84 valence electrons. The molecule has 0 aliphatic heterocycles. The zero-order valence-electron chi connectivity index (χ0n) is 8.74. The molecular formula is C11H11ClFN3. The summed E-state index contributed by atoms with van der Waals surface area (Å²) in [5, 5.41) is 4.36. The number of nitrogen functional groups attached to an aromatic ring is 1. The molecule has 0 atom stereocenters. The van der Waals surface area contributed by atoms with Crippen LogP contribution in [0.25, 0.3) is 5.69 Å². The lowest BCUT2D eigenvalue weighted by Gasteiger charge is -2.08. The van der Waals surface area contributed by atoms with Crippen molar-refractivity contribution in [2.75, 3.05) is 5.73 Å². The molecule has 5 heteroatoms. The third-order valence-corrected chi connectivity index (χ3v) is 2.62. The van der Waals surface area contributed by atoms with Gasteiger partial charge in [0.25, 0.3) is 0 Å². The molecule has 1 heterocycles. The number of rotatable bonds is 2. The molecule has 0 radical (unpaired) electrons. The van der Waals surface area contributed by atoms with Gasteiger partial charge in [0.1, 0.15) is 17.3 Å². The van der Waals surface area contributed by atoms with Gasteiger partial charge in [-0.05, 0) is 18.6 Å². The molecule has 2 N–H and O–H groups in total. The fourth-order valence-electron chi connectivity index (χ4n) is 1.58. The van der Waals surface area contributed by atoms with Gasteiger partial charge in [0.2, 0.25) is 0 Å². The molecule has 3 nitrogen and oxygen atoms in total. The summed E-state index contributed by atoms with van der Waals surface area (Å²) < 4.78 is 15.1. The molecule has 0 amide bonds.